The number of phenols is 1. The number of carbonyl (C=O) groups is 2. The van der Waals surface area contributed by atoms with Gasteiger partial charge in [0.15, 0.2) is 0 Å². The molecule has 21 heavy (non-hydrogen) atoms. The van der Waals surface area contributed by atoms with E-state index in [9.17, 15) is 14.7 Å². The van der Waals surface area contributed by atoms with Gasteiger partial charge in [-0.25, -0.2) is 0 Å². The highest BCUT2D eigenvalue weighted by atomic mass is 35.5. The SMILES string of the molecule is CC(NC(=O)c1cccs1)C(=O)Nc1cc(Cl)ccc1O. The number of benzene rings is 1. The van der Waals surface area contributed by atoms with E-state index in [1.165, 1.54) is 29.5 Å². The summed E-state index contributed by atoms with van der Waals surface area (Å²) in [5.41, 5.74) is 0.199. The summed E-state index contributed by atoms with van der Waals surface area (Å²) in [6.07, 6.45) is 0. The van der Waals surface area contributed by atoms with Crippen LogP contribution in [0.1, 0.15) is 16.6 Å². The Morgan fingerprint density at radius 2 is 2.10 bits per heavy atom. The summed E-state index contributed by atoms with van der Waals surface area (Å²) in [5.74, 6) is -0.857. The van der Waals surface area contributed by atoms with Crippen molar-refractivity contribution < 1.29 is 14.7 Å². The lowest BCUT2D eigenvalue weighted by Gasteiger charge is -2.14. The third-order valence-electron chi connectivity index (χ3n) is 2.70. The molecule has 110 valence electrons. The number of carbonyl (C=O) groups excluding carboxylic acids is 2. The lowest BCUT2D eigenvalue weighted by atomic mass is 10.2. The number of aromatic hydroxyl groups is 1. The minimum Gasteiger partial charge on any atom is -0.506 e. The summed E-state index contributed by atoms with van der Waals surface area (Å²) in [5, 5.41) is 16.9. The van der Waals surface area contributed by atoms with E-state index in [2.05, 4.69) is 10.6 Å². The van der Waals surface area contributed by atoms with Crippen molar-refractivity contribution in [3.8, 4) is 5.75 Å². The van der Waals surface area contributed by atoms with Crippen molar-refractivity contribution in [3.63, 3.8) is 0 Å². The number of nitrogens with one attached hydrogen (secondary N) is 2. The first-order chi connectivity index (χ1) is 9.97. The summed E-state index contributed by atoms with van der Waals surface area (Å²) in [6.45, 7) is 1.56. The van der Waals surface area contributed by atoms with Crippen LogP contribution in [0, 0.1) is 0 Å². The molecule has 1 atom stereocenters. The molecule has 3 N–H and O–H groups in total. The van der Waals surface area contributed by atoms with Crippen molar-refractivity contribution in [1.29, 1.82) is 0 Å². The number of thiophene rings is 1. The number of amides is 2. The zero-order chi connectivity index (χ0) is 15.4. The number of rotatable bonds is 4. The highest BCUT2D eigenvalue weighted by molar-refractivity contribution is 7.12. The highest BCUT2D eigenvalue weighted by Gasteiger charge is 2.18. The Balaban J connectivity index is 1.99. The second-order valence-corrected chi connectivity index (χ2v) is 5.71. The molecule has 2 aromatic rings. The van der Waals surface area contributed by atoms with E-state index in [4.69, 9.17) is 11.6 Å². The summed E-state index contributed by atoms with van der Waals surface area (Å²) in [6, 6.07) is 7.00. The van der Waals surface area contributed by atoms with E-state index < -0.39 is 11.9 Å². The van der Waals surface area contributed by atoms with Gasteiger partial charge in [-0.3, -0.25) is 9.59 Å². The minimum atomic E-state index is -0.752. The van der Waals surface area contributed by atoms with Crippen molar-refractivity contribution in [2.45, 2.75) is 13.0 Å². The van der Waals surface area contributed by atoms with Gasteiger partial charge in [0.1, 0.15) is 11.8 Å². The van der Waals surface area contributed by atoms with Gasteiger partial charge in [0.2, 0.25) is 5.91 Å². The Morgan fingerprint density at radius 1 is 1.33 bits per heavy atom. The first kappa shape index (κ1) is 15.3. The number of anilines is 1. The molecule has 0 aliphatic rings. The van der Waals surface area contributed by atoms with E-state index >= 15 is 0 Å². The van der Waals surface area contributed by atoms with Crippen LogP contribution < -0.4 is 10.6 Å². The highest BCUT2D eigenvalue weighted by Crippen LogP contribution is 2.26. The van der Waals surface area contributed by atoms with Gasteiger partial charge in [0, 0.05) is 5.02 Å². The van der Waals surface area contributed by atoms with Gasteiger partial charge in [-0.1, -0.05) is 17.7 Å². The monoisotopic (exact) mass is 324 g/mol. The normalized spacial score (nSPS) is 11.7. The van der Waals surface area contributed by atoms with Crippen molar-refractivity contribution in [1.82, 2.24) is 5.32 Å². The fourth-order valence-corrected chi connectivity index (χ4v) is 2.39. The maximum atomic E-state index is 12.0. The molecule has 5 nitrogen and oxygen atoms in total. The maximum absolute atomic E-state index is 12.0. The van der Waals surface area contributed by atoms with Crippen LogP contribution in [-0.2, 0) is 4.79 Å². The number of hydrogen-bond donors (Lipinski definition) is 3. The Morgan fingerprint density at radius 3 is 2.76 bits per heavy atom. The van der Waals surface area contributed by atoms with Crippen LogP contribution in [0.25, 0.3) is 0 Å². The first-order valence-electron chi connectivity index (χ1n) is 6.11. The Hall–Kier alpha value is -2.05. The summed E-state index contributed by atoms with van der Waals surface area (Å²) < 4.78 is 0. The third-order valence-corrected chi connectivity index (χ3v) is 3.81. The molecule has 0 saturated carbocycles. The van der Waals surface area contributed by atoms with Crippen molar-refractivity contribution >= 4 is 40.4 Å². The van der Waals surface area contributed by atoms with E-state index in [0.717, 1.165) is 0 Å². The second kappa shape index (κ2) is 6.60. The topological polar surface area (TPSA) is 78.4 Å². The summed E-state index contributed by atoms with van der Waals surface area (Å²) >= 11 is 7.09. The van der Waals surface area contributed by atoms with Gasteiger partial charge in [-0.05, 0) is 36.6 Å². The molecule has 0 fully saturated rings. The molecule has 1 unspecified atom stereocenters. The Labute approximate surface area is 130 Å². The molecule has 0 aliphatic heterocycles. The van der Waals surface area contributed by atoms with E-state index in [1.54, 1.807) is 24.4 Å². The minimum absolute atomic E-state index is 0.0930. The van der Waals surface area contributed by atoms with E-state index in [-0.39, 0.29) is 17.3 Å². The van der Waals surface area contributed by atoms with Crippen LogP contribution in [-0.4, -0.2) is 23.0 Å². The summed E-state index contributed by atoms with van der Waals surface area (Å²) in [4.78, 5) is 24.4. The molecule has 2 amide bonds. The maximum Gasteiger partial charge on any atom is 0.261 e. The van der Waals surface area contributed by atoms with Crippen molar-refractivity contribution in [2.24, 2.45) is 0 Å². The van der Waals surface area contributed by atoms with Crippen LogP contribution in [0.2, 0.25) is 5.02 Å². The van der Waals surface area contributed by atoms with Crippen LogP contribution in [0.3, 0.4) is 0 Å². The smallest absolute Gasteiger partial charge is 0.261 e. The Kier molecular flexibility index (Phi) is 4.82. The standard InChI is InChI=1S/C14H13ClN2O3S/c1-8(16-14(20)12-3-2-6-21-12)13(19)17-10-7-9(15)4-5-11(10)18/h2-8,18H,1H3,(H,16,20)(H,17,19). The average Bonchev–Trinajstić information content (AvgIpc) is 2.97. The third kappa shape index (κ3) is 3.96. The van der Waals surface area contributed by atoms with E-state index in [0.29, 0.717) is 9.90 Å². The molecule has 0 bridgehead atoms. The van der Waals surface area contributed by atoms with Gasteiger partial charge in [-0.15, -0.1) is 11.3 Å². The van der Waals surface area contributed by atoms with Crippen molar-refractivity contribution in [2.75, 3.05) is 5.32 Å². The van der Waals surface area contributed by atoms with Crippen LogP contribution in [0.5, 0.6) is 5.75 Å². The first-order valence-corrected chi connectivity index (χ1v) is 7.37. The molecule has 0 spiro atoms. The van der Waals surface area contributed by atoms with Crippen LogP contribution in [0.4, 0.5) is 5.69 Å². The molecule has 2 rings (SSSR count). The Bertz CT molecular complexity index is 658. The second-order valence-electron chi connectivity index (χ2n) is 4.32. The molecular formula is C14H13ClN2O3S. The van der Waals surface area contributed by atoms with Gasteiger partial charge < -0.3 is 15.7 Å². The fourth-order valence-electron chi connectivity index (χ4n) is 1.59. The molecule has 0 radical (unpaired) electrons. The lowest BCUT2D eigenvalue weighted by molar-refractivity contribution is -0.117. The molecule has 7 heteroatoms. The predicted octanol–water partition coefficient (Wildman–Crippen LogP) is 2.86. The molecule has 0 aliphatic carbocycles. The number of hydrogen-bond acceptors (Lipinski definition) is 4. The molecule has 1 heterocycles. The number of phenolic OH excluding ortho intramolecular Hbond substituents is 1. The van der Waals surface area contributed by atoms with Gasteiger partial charge in [0.05, 0.1) is 10.6 Å². The molecular weight excluding hydrogens is 312 g/mol. The molecule has 1 aromatic heterocycles. The van der Waals surface area contributed by atoms with Gasteiger partial charge in [0.25, 0.3) is 5.91 Å². The largest absolute Gasteiger partial charge is 0.506 e. The van der Waals surface area contributed by atoms with Crippen LogP contribution in [0.15, 0.2) is 35.7 Å². The average molecular weight is 325 g/mol. The van der Waals surface area contributed by atoms with Gasteiger partial charge in [-0.2, -0.15) is 0 Å². The molecule has 0 saturated heterocycles. The van der Waals surface area contributed by atoms with Crippen molar-refractivity contribution in [3.05, 3.63) is 45.6 Å². The molecule has 1 aromatic carbocycles. The van der Waals surface area contributed by atoms with Gasteiger partial charge >= 0.3 is 0 Å². The number of halogens is 1. The predicted molar refractivity (Wildman–Crippen MR) is 83.0 cm³/mol. The quantitative estimate of drug-likeness (QED) is 0.757. The zero-order valence-corrected chi connectivity index (χ0v) is 12.7. The zero-order valence-electron chi connectivity index (χ0n) is 11.1. The van der Waals surface area contributed by atoms with E-state index in [1.807, 2.05) is 0 Å². The summed E-state index contributed by atoms with van der Waals surface area (Å²) in [7, 11) is 0. The lowest BCUT2D eigenvalue weighted by Crippen LogP contribution is -2.41. The van der Waals surface area contributed by atoms with Crippen LogP contribution >= 0.6 is 22.9 Å². The fraction of sp³-hybridized carbons (Fsp3) is 0.143.